The maximum absolute atomic E-state index is 10.5. The van der Waals surface area contributed by atoms with E-state index in [4.69, 9.17) is 9.66 Å². The van der Waals surface area contributed by atoms with E-state index >= 15 is 0 Å². The highest BCUT2D eigenvalue weighted by atomic mass is 32.3. The first-order valence-corrected chi connectivity index (χ1v) is 6.41. The van der Waals surface area contributed by atoms with Gasteiger partial charge >= 0.3 is 10.4 Å². The van der Waals surface area contributed by atoms with Crippen LogP contribution in [0.1, 0.15) is 40.0 Å². The van der Waals surface area contributed by atoms with Gasteiger partial charge < -0.3 is 5.11 Å². The monoisotopic (exact) mass is 240 g/mol. The molecule has 0 rings (SSSR count). The molecule has 0 aromatic carbocycles. The van der Waals surface area contributed by atoms with E-state index in [9.17, 15) is 8.42 Å². The molecule has 2 unspecified atom stereocenters. The predicted molar refractivity (Wildman–Crippen MR) is 56.8 cm³/mol. The summed E-state index contributed by atoms with van der Waals surface area (Å²) >= 11 is 0. The molecule has 0 aromatic heterocycles. The Labute approximate surface area is 91.4 Å². The zero-order chi connectivity index (χ0) is 12.1. The van der Waals surface area contributed by atoms with E-state index < -0.39 is 22.6 Å². The minimum atomic E-state index is -4.40. The smallest absolute Gasteiger partial charge is 0.393 e. The van der Waals surface area contributed by atoms with Crippen LogP contribution in [0.15, 0.2) is 0 Å². The summed E-state index contributed by atoms with van der Waals surface area (Å²) in [5, 5.41) is 9.07. The first-order valence-electron chi connectivity index (χ1n) is 5.04. The standard InChI is InChI=1S/C9H20O5S/c1-7(2)6-9(5-4-8(3)10)14-15(11,12)13/h7-10H,4-6H2,1-3H3,(H,11,12,13). The molecule has 0 saturated heterocycles. The van der Waals surface area contributed by atoms with Crippen molar-refractivity contribution in [2.45, 2.75) is 52.2 Å². The maximum Gasteiger partial charge on any atom is 0.397 e. The molecule has 0 fully saturated rings. The highest BCUT2D eigenvalue weighted by molar-refractivity contribution is 7.80. The van der Waals surface area contributed by atoms with E-state index in [-0.39, 0.29) is 5.92 Å². The van der Waals surface area contributed by atoms with E-state index in [0.29, 0.717) is 19.3 Å². The van der Waals surface area contributed by atoms with Crippen LogP contribution < -0.4 is 0 Å². The van der Waals surface area contributed by atoms with E-state index in [1.165, 1.54) is 0 Å². The van der Waals surface area contributed by atoms with Crippen LogP contribution >= 0.6 is 0 Å². The zero-order valence-electron chi connectivity index (χ0n) is 9.38. The minimum Gasteiger partial charge on any atom is -0.393 e. The number of hydrogen-bond donors (Lipinski definition) is 2. The highest BCUT2D eigenvalue weighted by Gasteiger charge is 2.18. The molecule has 0 saturated carbocycles. The topological polar surface area (TPSA) is 83.8 Å². The molecule has 2 N–H and O–H groups in total. The van der Waals surface area contributed by atoms with Crippen LogP contribution in [0.5, 0.6) is 0 Å². The van der Waals surface area contributed by atoms with E-state index in [0.717, 1.165) is 0 Å². The second-order valence-electron chi connectivity index (χ2n) is 4.20. The van der Waals surface area contributed by atoms with Crippen molar-refractivity contribution in [1.29, 1.82) is 0 Å². The molecule has 6 heteroatoms. The minimum absolute atomic E-state index is 0.269. The van der Waals surface area contributed by atoms with Gasteiger partial charge in [0.2, 0.25) is 0 Å². The van der Waals surface area contributed by atoms with Crippen molar-refractivity contribution >= 4 is 10.4 Å². The predicted octanol–water partition coefficient (Wildman–Crippen LogP) is 1.38. The number of hydrogen-bond acceptors (Lipinski definition) is 4. The molecule has 0 aliphatic carbocycles. The molecule has 0 spiro atoms. The second-order valence-corrected chi connectivity index (χ2v) is 5.25. The summed E-state index contributed by atoms with van der Waals surface area (Å²) in [6.07, 6.45) is 0.342. The van der Waals surface area contributed by atoms with Gasteiger partial charge in [-0.1, -0.05) is 13.8 Å². The molecule has 0 aliphatic heterocycles. The van der Waals surface area contributed by atoms with Gasteiger partial charge in [-0.15, -0.1) is 0 Å². The lowest BCUT2D eigenvalue weighted by molar-refractivity contribution is 0.117. The Morgan fingerprint density at radius 1 is 1.20 bits per heavy atom. The average Bonchev–Trinajstić information content (AvgIpc) is 1.95. The molecular weight excluding hydrogens is 220 g/mol. The van der Waals surface area contributed by atoms with Crippen molar-refractivity contribution in [1.82, 2.24) is 0 Å². The lowest BCUT2D eigenvalue weighted by atomic mass is 10.0. The van der Waals surface area contributed by atoms with Gasteiger partial charge in [0.1, 0.15) is 0 Å². The van der Waals surface area contributed by atoms with Gasteiger partial charge in [0.05, 0.1) is 12.2 Å². The fourth-order valence-electron chi connectivity index (χ4n) is 1.33. The van der Waals surface area contributed by atoms with Crippen LogP contribution in [0.3, 0.4) is 0 Å². The summed E-state index contributed by atoms with van der Waals surface area (Å²) in [6.45, 7) is 5.49. The first-order chi connectivity index (χ1) is 6.70. The van der Waals surface area contributed by atoms with E-state index in [1.807, 2.05) is 13.8 Å². The van der Waals surface area contributed by atoms with Crippen molar-refractivity contribution in [2.24, 2.45) is 5.92 Å². The van der Waals surface area contributed by atoms with Crippen LogP contribution in [0, 0.1) is 5.92 Å². The summed E-state index contributed by atoms with van der Waals surface area (Å²) in [5.41, 5.74) is 0. The summed E-state index contributed by atoms with van der Waals surface area (Å²) in [6, 6.07) is 0. The summed E-state index contributed by atoms with van der Waals surface area (Å²) in [5.74, 6) is 0.269. The molecule has 5 nitrogen and oxygen atoms in total. The Hall–Kier alpha value is -0.170. The Kier molecular flexibility index (Phi) is 6.35. The quantitative estimate of drug-likeness (QED) is 0.657. The molecule has 2 atom stereocenters. The van der Waals surface area contributed by atoms with Gasteiger partial charge in [0.25, 0.3) is 0 Å². The van der Waals surface area contributed by atoms with Crippen molar-refractivity contribution in [3.8, 4) is 0 Å². The van der Waals surface area contributed by atoms with Crippen molar-refractivity contribution in [2.75, 3.05) is 0 Å². The van der Waals surface area contributed by atoms with Gasteiger partial charge in [0.15, 0.2) is 0 Å². The largest absolute Gasteiger partial charge is 0.397 e. The third-order valence-electron chi connectivity index (χ3n) is 1.90. The number of rotatable bonds is 7. The molecule has 0 amide bonds. The Bertz CT molecular complexity index is 258. The van der Waals surface area contributed by atoms with E-state index in [1.54, 1.807) is 6.92 Å². The van der Waals surface area contributed by atoms with Gasteiger partial charge in [-0.05, 0) is 32.1 Å². The third-order valence-corrected chi connectivity index (χ3v) is 2.41. The lowest BCUT2D eigenvalue weighted by Crippen LogP contribution is -2.21. The molecule has 0 heterocycles. The fourth-order valence-corrected chi connectivity index (χ4v) is 1.85. The van der Waals surface area contributed by atoms with Gasteiger partial charge in [0, 0.05) is 0 Å². The molecule has 0 radical (unpaired) electrons. The summed E-state index contributed by atoms with van der Waals surface area (Å²) in [7, 11) is -4.40. The normalized spacial score (nSPS) is 16.7. The molecule has 0 bridgehead atoms. The van der Waals surface area contributed by atoms with Crippen molar-refractivity contribution in [3.63, 3.8) is 0 Å². The lowest BCUT2D eigenvalue weighted by Gasteiger charge is -2.18. The Morgan fingerprint density at radius 2 is 1.73 bits per heavy atom. The highest BCUT2D eigenvalue weighted by Crippen LogP contribution is 2.16. The second kappa shape index (κ2) is 6.42. The van der Waals surface area contributed by atoms with Crippen LogP contribution in [0.2, 0.25) is 0 Å². The Morgan fingerprint density at radius 3 is 2.07 bits per heavy atom. The summed E-state index contributed by atoms with van der Waals surface area (Å²) < 4.78 is 34.1. The van der Waals surface area contributed by atoms with Crippen molar-refractivity contribution in [3.05, 3.63) is 0 Å². The molecule has 0 aromatic rings. The van der Waals surface area contributed by atoms with Crippen molar-refractivity contribution < 1.29 is 22.3 Å². The van der Waals surface area contributed by atoms with Crippen LogP contribution in [-0.4, -0.2) is 30.3 Å². The number of aliphatic hydroxyl groups excluding tert-OH is 1. The van der Waals surface area contributed by atoms with Crippen LogP contribution in [0.25, 0.3) is 0 Å². The fraction of sp³-hybridized carbons (Fsp3) is 1.00. The van der Waals surface area contributed by atoms with Gasteiger partial charge in [-0.2, -0.15) is 8.42 Å². The molecular formula is C9H20O5S. The summed E-state index contributed by atoms with van der Waals surface area (Å²) in [4.78, 5) is 0. The van der Waals surface area contributed by atoms with Gasteiger partial charge in [-0.25, -0.2) is 4.18 Å². The van der Waals surface area contributed by atoms with Crippen LogP contribution in [0.4, 0.5) is 0 Å². The Balaban J connectivity index is 4.19. The van der Waals surface area contributed by atoms with Crippen LogP contribution in [-0.2, 0) is 14.6 Å². The SMILES string of the molecule is CC(C)CC(CCC(C)O)OS(=O)(=O)O. The van der Waals surface area contributed by atoms with Gasteiger partial charge in [-0.3, -0.25) is 4.55 Å². The zero-order valence-corrected chi connectivity index (χ0v) is 10.2. The number of aliphatic hydroxyl groups is 1. The molecule has 15 heavy (non-hydrogen) atoms. The average molecular weight is 240 g/mol. The third kappa shape index (κ3) is 10.1. The molecule has 0 aliphatic rings. The maximum atomic E-state index is 10.5. The first kappa shape index (κ1) is 14.8. The molecule has 92 valence electrons. The van der Waals surface area contributed by atoms with E-state index in [2.05, 4.69) is 4.18 Å².